The number of hydrogen-bond donors (Lipinski definition) is 0. The Kier molecular flexibility index (Phi) is 4.44. The molecular weight excluding hydrogens is 380 g/mol. The quantitative estimate of drug-likeness (QED) is 0.718. The van der Waals surface area contributed by atoms with Crippen molar-refractivity contribution < 1.29 is 0 Å². The van der Waals surface area contributed by atoms with Gasteiger partial charge in [-0.15, -0.1) is 0 Å². The van der Waals surface area contributed by atoms with Crippen LogP contribution in [0.15, 0.2) is 27.1 Å². The van der Waals surface area contributed by atoms with Gasteiger partial charge in [-0.2, -0.15) is 0 Å². The average molecular weight is 402 g/mol. The summed E-state index contributed by atoms with van der Waals surface area (Å²) in [5.74, 6) is 0.663. The van der Waals surface area contributed by atoms with E-state index in [0.29, 0.717) is 12.0 Å². The molecule has 0 amide bonds. The largest absolute Gasteiger partial charge is 0.364 e. The summed E-state index contributed by atoms with van der Waals surface area (Å²) in [6, 6.07) is 7.73. The summed E-state index contributed by atoms with van der Waals surface area (Å²) in [5, 5.41) is 0. The summed E-state index contributed by atoms with van der Waals surface area (Å²) in [5.41, 5.74) is 1.33. The SMILES string of the molecule is CC(C)C1CN2CCCC2CN1c1c(Br)cccc1Br. The lowest BCUT2D eigenvalue weighted by atomic mass is 9.96. The second-order valence-electron chi connectivity index (χ2n) is 6.32. The first-order chi connectivity index (χ1) is 9.58. The first-order valence-corrected chi connectivity index (χ1v) is 9.11. The summed E-state index contributed by atoms with van der Waals surface area (Å²) in [6.45, 7) is 8.34. The Labute approximate surface area is 138 Å². The number of fused-ring (bicyclic) bond motifs is 1. The van der Waals surface area contributed by atoms with E-state index >= 15 is 0 Å². The number of rotatable bonds is 2. The zero-order valence-corrected chi connectivity index (χ0v) is 15.3. The average Bonchev–Trinajstić information content (AvgIpc) is 2.84. The van der Waals surface area contributed by atoms with Crippen LogP contribution < -0.4 is 4.90 Å². The Morgan fingerprint density at radius 2 is 1.85 bits per heavy atom. The number of para-hydroxylation sites is 1. The van der Waals surface area contributed by atoms with Gasteiger partial charge in [-0.1, -0.05) is 19.9 Å². The first-order valence-electron chi connectivity index (χ1n) is 7.52. The fourth-order valence-electron chi connectivity index (χ4n) is 3.63. The zero-order chi connectivity index (χ0) is 14.3. The van der Waals surface area contributed by atoms with E-state index in [2.05, 4.69) is 73.7 Å². The van der Waals surface area contributed by atoms with Crippen LogP contribution in [0.2, 0.25) is 0 Å². The monoisotopic (exact) mass is 400 g/mol. The molecule has 0 bridgehead atoms. The van der Waals surface area contributed by atoms with Crippen molar-refractivity contribution in [3.63, 3.8) is 0 Å². The third-order valence-corrected chi connectivity index (χ3v) is 6.00. The van der Waals surface area contributed by atoms with Crippen LogP contribution in [-0.4, -0.2) is 36.6 Å². The molecule has 1 aromatic carbocycles. The van der Waals surface area contributed by atoms with E-state index < -0.39 is 0 Å². The first kappa shape index (κ1) is 14.9. The minimum Gasteiger partial charge on any atom is -0.364 e. The molecule has 2 nitrogen and oxygen atoms in total. The van der Waals surface area contributed by atoms with Crippen LogP contribution >= 0.6 is 31.9 Å². The molecule has 2 fully saturated rings. The maximum absolute atomic E-state index is 3.75. The molecule has 0 N–H and O–H groups in total. The van der Waals surface area contributed by atoms with Gasteiger partial charge in [-0.3, -0.25) is 4.90 Å². The van der Waals surface area contributed by atoms with Crippen molar-refractivity contribution >= 4 is 37.5 Å². The van der Waals surface area contributed by atoms with Crippen LogP contribution in [-0.2, 0) is 0 Å². The van der Waals surface area contributed by atoms with Crippen molar-refractivity contribution in [1.82, 2.24) is 4.90 Å². The molecule has 0 saturated carbocycles. The number of hydrogen-bond acceptors (Lipinski definition) is 2. The van der Waals surface area contributed by atoms with E-state index in [0.717, 1.165) is 12.6 Å². The molecule has 20 heavy (non-hydrogen) atoms. The lowest BCUT2D eigenvalue weighted by Crippen LogP contribution is -2.58. The van der Waals surface area contributed by atoms with Gasteiger partial charge in [0.25, 0.3) is 0 Å². The highest BCUT2D eigenvalue weighted by Crippen LogP contribution is 2.39. The molecule has 2 aliphatic rings. The number of halogens is 2. The molecule has 2 saturated heterocycles. The highest BCUT2D eigenvalue weighted by Gasteiger charge is 2.38. The minimum atomic E-state index is 0.597. The van der Waals surface area contributed by atoms with Gasteiger partial charge < -0.3 is 4.90 Å². The Hall–Kier alpha value is -0.0600. The van der Waals surface area contributed by atoms with E-state index in [1.54, 1.807) is 0 Å². The van der Waals surface area contributed by atoms with Crippen molar-refractivity contribution in [2.24, 2.45) is 5.92 Å². The summed E-state index contributed by atoms with van der Waals surface area (Å²) in [4.78, 5) is 5.33. The van der Waals surface area contributed by atoms with Gasteiger partial charge >= 0.3 is 0 Å². The van der Waals surface area contributed by atoms with Crippen LogP contribution in [0.1, 0.15) is 26.7 Å². The lowest BCUT2D eigenvalue weighted by Gasteiger charge is -2.47. The fourth-order valence-corrected chi connectivity index (χ4v) is 5.09. The molecule has 0 aliphatic carbocycles. The highest BCUT2D eigenvalue weighted by molar-refractivity contribution is 9.11. The smallest absolute Gasteiger partial charge is 0.0658 e. The van der Waals surface area contributed by atoms with Gasteiger partial charge in [-0.25, -0.2) is 0 Å². The van der Waals surface area contributed by atoms with E-state index in [-0.39, 0.29) is 0 Å². The summed E-state index contributed by atoms with van der Waals surface area (Å²) in [6.07, 6.45) is 2.71. The van der Waals surface area contributed by atoms with E-state index in [4.69, 9.17) is 0 Å². The molecule has 4 heteroatoms. The molecule has 2 atom stereocenters. The second kappa shape index (κ2) is 5.98. The summed E-state index contributed by atoms with van der Waals surface area (Å²) >= 11 is 7.49. The van der Waals surface area contributed by atoms with Crippen LogP contribution in [0.4, 0.5) is 5.69 Å². The lowest BCUT2D eigenvalue weighted by molar-refractivity contribution is 0.176. The second-order valence-corrected chi connectivity index (χ2v) is 8.03. The van der Waals surface area contributed by atoms with Crippen LogP contribution in [0.5, 0.6) is 0 Å². The van der Waals surface area contributed by atoms with Crippen LogP contribution in [0.25, 0.3) is 0 Å². The molecule has 0 spiro atoms. The maximum Gasteiger partial charge on any atom is 0.0658 e. The molecule has 0 radical (unpaired) electrons. The maximum atomic E-state index is 3.75. The molecule has 2 aliphatic heterocycles. The van der Waals surface area contributed by atoms with Gasteiger partial charge in [0.1, 0.15) is 0 Å². The Morgan fingerprint density at radius 3 is 2.50 bits per heavy atom. The Bertz CT molecular complexity index is 469. The highest BCUT2D eigenvalue weighted by atomic mass is 79.9. The molecule has 0 aromatic heterocycles. The normalized spacial score (nSPS) is 27.1. The van der Waals surface area contributed by atoms with E-state index in [1.165, 1.54) is 40.6 Å². The number of benzene rings is 1. The number of nitrogens with zero attached hydrogens (tertiary/aromatic N) is 2. The van der Waals surface area contributed by atoms with Crippen LogP contribution in [0, 0.1) is 5.92 Å². The van der Waals surface area contributed by atoms with Crippen LogP contribution in [0.3, 0.4) is 0 Å². The van der Waals surface area contributed by atoms with Gasteiger partial charge in [0.2, 0.25) is 0 Å². The predicted molar refractivity (Wildman–Crippen MR) is 92.4 cm³/mol. The van der Waals surface area contributed by atoms with Gasteiger partial charge in [0, 0.05) is 34.1 Å². The van der Waals surface area contributed by atoms with Gasteiger partial charge in [-0.05, 0) is 69.3 Å². The zero-order valence-electron chi connectivity index (χ0n) is 12.1. The molecule has 2 heterocycles. The van der Waals surface area contributed by atoms with Crippen molar-refractivity contribution in [3.8, 4) is 0 Å². The predicted octanol–water partition coefficient (Wildman–Crippen LogP) is 4.52. The van der Waals surface area contributed by atoms with E-state index in [9.17, 15) is 0 Å². The molecule has 3 rings (SSSR count). The summed E-state index contributed by atoms with van der Waals surface area (Å²) in [7, 11) is 0. The molecule has 110 valence electrons. The van der Waals surface area contributed by atoms with E-state index in [1.807, 2.05) is 0 Å². The van der Waals surface area contributed by atoms with Gasteiger partial charge in [0.05, 0.1) is 5.69 Å². The topological polar surface area (TPSA) is 6.48 Å². The van der Waals surface area contributed by atoms with Crippen molar-refractivity contribution in [3.05, 3.63) is 27.1 Å². The van der Waals surface area contributed by atoms with Crippen molar-refractivity contribution in [1.29, 1.82) is 0 Å². The number of anilines is 1. The third-order valence-electron chi connectivity index (χ3n) is 4.72. The van der Waals surface area contributed by atoms with Crippen molar-refractivity contribution in [2.75, 3.05) is 24.5 Å². The van der Waals surface area contributed by atoms with Crippen molar-refractivity contribution in [2.45, 2.75) is 38.8 Å². The molecular formula is C16H22Br2N2. The number of piperazine rings is 1. The third kappa shape index (κ3) is 2.67. The fraction of sp³-hybridized carbons (Fsp3) is 0.625. The standard InChI is InChI=1S/C16H22Br2N2/c1-11(2)15-10-19-8-4-5-12(19)9-20(15)16-13(17)6-3-7-14(16)18/h3,6-7,11-12,15H,4-5,8-10H2,1-2H3. The Morgan fingerprint density at radius 1 is 1.15 bits per heavy atom. The Balaban J connectivity index is 1.96. The minimum absolute atomic E-state index is 0.597. The van der Waals surface area contributed by atoms with Gasteiger partial charge in [0.15, 0.2) is 0 Å². The molecule has 1 aromatic rings. The molecule has 2 unspecified atom stereocenters. The summed E-state index contributed by atoms with van der Waals surface area (Å²) < 4.78 is 2.40.